The van der Waals surface area contributed by atoms with E-state index in [1.165, 1.54) is 26.4 Å². The minimum Gasteiger partial charge on any atom is -0.465 e. The van der Waals surface area contributed by atoms with E-state index in [4.69, 9.17) is 4.74 Å². The molecule has 2 unspecified atom stereocenters. The highest BCUT2D eigenvalue weighted by molar-refractivity contribution is 5.98. The van der Waals surface area contributed by atoms with Crippen LogP contribution >= 0.6 is 0 Å². The average Bonchev–Trinajstić information content (AvgIpc) is 2.97. The Bertz CT molecular complexity index is 555. The Morgan fingerprint density at radius 3 is 2.71 bits per heavy atom. The molecule has 21 heavy (non-hydrogen) atoms. The van der Waals surface area contributed by atoms with E-state index in [0.29, 0.717) is 23.1 Å². The molecule has 0 spiro atoms. The summed E-state index contributed by atoms with van der Waals surface area (Å²) in [5.41, 5.74) is 1.02. The highest BCUT2D eigenvalue weighted by Crippen LogP contribution is 2.36. The number of carbonyl (C=O) groups is 2. The summed E-state index contributed by atoms with van der Waals surface area (Å²) in [5, 5.41) is 0. The van der Waals surface area contributed by atoms with Gasteiger partial charge >= 0.3 is 5.97 Å². The first-order chi connectivity index (χ1) is 10.2. The molecular weight excluding hydrogens is 266 g/mol. The molecule has 0 N–H and O–H groups in total. The van der Waals surface area contributed by atoms with Crippen LogP contribution in [0, 0.1) is 5.92 Å². The SMILES string of the molecule is COC(=O)c1cccc(C(=O)N2CCC3CCCCC32)c1. The Hall–Kier alpha value is -1.84. The first kappa shape index (κ1) is 14.1. The Balaban J connectivity index is 1.80. The molecule has 1 aromatic rings. The third kappa shape index (κ3) is 2.67. The van der Waals surface area contributed by atoms with Crippen molar-refractivity contribution in [3.63, 3.8) is 0 Å². The third-order valence-corrected chi connectivity index (χ3v) is 4.80. The van der Waals surface area contributed by atoms with Crippen molar-refractivity contribution in [2.24, 2.45) is 5.92 Å². The lowest BCUT2D eigenvalue weighted by Crippen LogP contribution is -2.39. The van der Waals surface area contributed by atoms with Crippen LogP contribution in [0.3, 0.4) is 0 Å². The van der Waals surface area contributed by atoms with Crippen molar-refractivity contribution >= 4 is 11.9 Å². The first-order valence-electron chi connectivity index (χ1n) is 7.70. The van der Waals surface area contributed by atoms with Crippen LogP contribution in [-0.4, -0.2) is 36.5 Å². The number of esters is 1. The predicted molar refractivity (Wildman–Crippen MR) is 79.2 cm³/mol. The van der Waals surface area contributed by atoms with Gasteiger partial charge in [-0.05, 0) is 43.4 Å². The summed E-state index contributed by atoms with van der Waals surface area (Å²) in [4.78, 5) is 26.3. The lowest BCUT2D eigenvalue weighted by atomic mass is 9.85. The van der Waals surface area contributed by atoms with Gasteiger partial charge in [-0.3, -0.25) is 4.79 Å². The third-order valence-electron chi connectivity index (χ3n) is 4.80. The maximum Gasteiger partial charge on any atom is 0.337 e. The van der Waals surface area contributed by atoms with Crippen molar-refractivity contribution in [3.8, 4) is 0 Å². The number of hydrogen-bond acceptors (Lipinski definition) is 3. The van der Waals surface area contributed by atoms with E-state index in [2.05, 4.69) is 0 Å². The lowest BCUT2D eigenvalue weighted by molar-refractivity contribution is 0.0600. The fourth-order valence-corrected chi connectivity index (χ4v) is 3.72. The maximum absolute atomic E-state index is 12.7. The number of fused-ring (bicyclic) bond motifs is 1. The lowest BCUT2D eigenvalue weighted by Gasteiger charge is -2.31. The molecule has 1 aliphatic carbocycles. The van der Waals surface area contributed by atoms with E-state index in [-0.39, 0.29) is 5.91 Å². The van der Waals surface area contributed by atoms with Gasteiger partial charge in [-0.2, -0.15) is 0 Å². The first-order valence-corrected chi connectivity index (χ1v) is 7.70. The van der Waals surface area contributed by atoms with Gasteiger partial charge < -0.3 is 9.64 Å². The van der Waals surface area contributed by atoms with E-state index in [0.717, 1.165) is 19.4 Å². The molecule has 0 radical (unpaired) electrons. The summed E-state index contributed by atoms with van der Waals surface area (Å²) in [6, 6.07) is 7.24. The molecule has 2 aliphatic rings. The highest BCUT2D eigenvalue weighted by atomic mass is 16.5. The fraction of sp³-hybridized carbons (Fsp3) is 0.529. The molecule has 3 rings (SSSR count). The molecule has 4 nitrogen and oxygen atoms in total. The van der Waals surface area contributed by atoms with Gasteiger partial charge in [0.15, 0.2) is 0 Å². The van der Waals surface area contributed by atoms with Gasteiger partial charge in [0, 0.05) is 18.2 Å². The molecule has 2 atom stereocenters. The molecule has 1 aromatic carbocycles. The van der Waals surface area contributed by atoms with Crippen LogP contribution in [0.4, 0.5) is 0 Å². The standard InChI is InChI=1S/C17H21NO3/c1-21-17(20)14-7-4-6-13(11-14)16(19)18-10-9-12-5-2-3-8-15(12)18/h4,6-7,11-12,15H,2-3,5,8-10H2,1H3. The fourth-order valence-electron chi connectivity index (χ4n) is 3.72. The van der Waals surface area contributed by atoms with Crippen LogP contribution in [0.5, 0.6) is 0 Å². The van der Waals surface area contributed by atoms with E-state index in [1.54, 1.807) is 24.3 Å². The number of ether oxygens (including phenoxy) is 1. The quantitative estimate of drug-likeness (QED) is 0.786. The van der Waals surface area contributed by atoms with E-state index in [1.807, 2.05) is 4.90 Å². The normalized spacial score (nSPS) is 24.5. The van der Waals surface area contributed by atoms with E-state index in [9.17, 15) is 9.59 Å². The number of nitrogens with zero attached hydrogens (tertiary/aromatic N) is 1. The monoisotopic (exact) mass is 287 g/mol. The van der Waals surface area contributed by atoms with Crippen LogP contribution in [0.2, 0.25) is 0 Å². The molecule has 2 fully saturated rings. The zero-order chi connectivity index (χ0) is 14.8. The topological polar surface area (TPSA) is 46.6 Å². The Morgan fingerprint density at radius 1 is 1.14 bits per heavy atom. The summed E-state index contributed by atoms with van der Waals surface area (Å²) in [6.07, 6.45) is 5.99. The number of amides is 1. The Kier molecular flexibility index (Phi) is 3.95. The second kappa shape index (κ2) is 5.88. The average molecular weight is 287 g/mol. The van der Waals surface area contributed by atoms with Crippen molar-refractivity contribution in [2.45, 2.75) is 38.1 Å². The molecule has 0 bridgehead atoms. The molecule has 1 aliphatic heterocycles. The molecule has 1 heterocycles. The molecule has 1 saturated carbocycles. The summed E-state index contributed by atoms with van der Waals surface area (Å²) in [5.74, 6) is 0.322. The zero-order valence-electron chi connectivity index (χ0n) is 12.4. The smallest absolute Gasteiger partial charge is 0.337 e. The van der Waals surface area contributed by atoms with Crippen molar-refractivity contribution in [1.29, 1.82) is 0 Å². The van der Waals surface area contributed by atoms with E-state index >= 15 is 0 Å². The predicted octanol–water partition coefficient (Wildman–Crippen LogP) is 2.88. The van der Waals surface area contributed by atoms with Gasteiger partial charge in [0.05, 0.1) is 12.7 Å². The van der Waals surface area contributed by atoms with Crippen LogP contribution in [0.25, 0.3) is 0 Å². The van der Waals surface area contributed by atoms with Gasteiger partial charge in [0.1, 0.15) is 0 Å². The number of likely N-dealkylation sites (tertiary alicyclic amines) is 1. The zero-order valence-corrected chi connectivity index (χ0v) is 12.4. The van der Waals surface area contributed by atoms with Crippen molar-refractivity contribution in [2.75, 3.05) is 13.7 Å². The van der Waals surface area contributed by atoms with Gasteiger partial charge in [-0.25, -0.2) is 4.79 Å². The second-order valence-electron chi connectivity index (χ2n) is 5.97. The van der Waals surface area contributed by atoms with Crippen molar-refractivity contribution < 1.29 is 14.3 Å². The van der Waals surface area contributed by atoms with Gasteiger partial charge in [0.2, 0.25) is 0 Å². The minimum atomic E-state index is -0.401. The maximum atomic E-state index is 12.7. The Morgan fingerprint density at radius 2 is 1.90 bits per heavy atom. The summed E-state index contributed by atoms with van der Waals surface area (Å²) >= 11 is 0. The number of carbonyl (C=O) groups excluding carboxylic acids is 2. The van der Waals surface area contributed by atoms with Crippen LogP contribution in [-0.2, 0) is 4.74 Å². The van der Waals surface area contributed by atoms with Crippen molar-refractivity contribution in [3.05, 3.63) is 35.4 Å². The van der Waals surface area contributed by atoms with Crippen LogP contribution in [0.15, 0.2) is 24.3 Å². The minimum absolute atomic E-state index is 0.0511. The molecule has 1 saturated heterocycles. The summed E-state index contributed by atoms with van der Waals surface area (Å²) < 4.78 is 4.72. The van der Waals surface area contributed by atoms with Gasteiger partial charge in [-0.15, -0.1) is 0 Å². The molecule has 112 valence electrons. The number of hydrogen-bond donors (Lipinski definition) is 0. The van der Waals surface area contributed by atoms with Crippen LogP contribution < -0.4 is 0 Å². The Labute approximate surface area is 125 Å². The largest absolute Gasteiger partial charge is 0.465 e. The number of methoxy groups -OCH3 is 1. The molecule has 4 heteroatoms. The summed E-state index contributed by atoms with van der Waals surface area (Å²) in [7, 11) is 1.35. The summed E-state index contributed by atoms with van der Waals surface area (Å²) in [6.45, 7) is 0.844. The highest BCUT2D eigenvalue weighted by Gasteiger charge is 2.38. The molecule has 0 aromatic heterocycles. The van der Waals surface area contributed by atoms with Crippen molar-refractivity contribution in [1.82, 2.24) is 4.90 Å². The van der Waals surface area contributed by atoms with Crippen LogP contribution in [0.1, 0.15) is 52.8 Å². The molecule has 1 amide bonds. The second-order valence-corrected chi connectivity index (χ2v) is 5.97. The molecular formula is C17H21NO3. The van der Waals surface area contributed by atoms with Gasteiger partial charge in [0.25, 0.3) is 5.91 Å². The number of rotatable bonds is 2. The van der Waals surface area contributed by atoms with E-state index < -0.39 is 5.97 Å². The van der Waals surface area contributed by atoms with Gasteiger partial charge in [-0.1, -0.05) is 18.9 Å². The number of benzene rings is 1.